The van der Waals surface area contributed by atoms with Gasteiger partial charge in [0.05, 0.1) is 10.0 Å². The van der Waals surface area contributed by atoms with E-state index in [0.29, 0.717) is 15.6 Å². The number of halogens is 2. The molecule has 0 unspecified atom stereocenters. The predicted molar refractivity (Wildman–Crippen MR) is 119 cm³/mol. The van der Waals surface area contributed by atoms with Gasteiger partial charge in [-0.15, -0.1) is 0 Å². The monoisotopic (exact) mass is 409 g/mol. The van der Waals surface area contributed by atoms with Crippen LogP contribution in [0, 0.1) is 6.92 Å². The molecule has 0 atom stereocenters. The maximum atomic E-state index is 12.4. The van der Waals surface area contributed by atoms with Gasteiger partial charge in [-0.3, -0.25) is 4.79 Å². The molecule has 0 aliphatic carbocycles. The van der Waals surface area contributed by atoms with Crippen LogP contribution in [0.15, 0.2) is 72.8 Å². The number of hydrogen-bond donors (Lipinski definition) is 1. The fourth-order valence-corrected chi connectivity index (χ4v) is 3.13. The number of allylic oxidation sites excluding steroid dienone is 2. The molecule has 0 aliphatic rings. The van der Waals surface area contributed by atoms with Gasteiger partial charge in [0, 0.05) is 11.3 Å². The van der Waals surface area contributed by atoms with Crippen LogP contribution in [0.3, 0.4) is 0 Å². The van der Waals surface area contributed by atoms with Crippen molar-refractivity contribution in [1.29, 1.82) is 0 Å². The molecule has 0 aliphatic heterocycles. The molecule has 3 aromatic rings. The SMILES string of the molecule is C/C(=C/Cc1ccc(C(=O)Nc2ccccc2C)cc1)c1ccc(Cl)c(Cl)c1. The van der Waals surface area contributed by atoms with Crippen molar-refractivity contribution in [1.82, 2.24) is 0 Å². The number of nitrogens with one attached hydrogen (secondary N) is 1. The largest absolute Gasteiger partial charge is 0.322 e. The second-order valence-corrected chi connectivity index (χ2v) is 7.50. The molecule has 28 heavy (non-hydrogen) atoms. The Morgan fingerprint density at radius 2 is 1.61 bits per heavy atom. The lowest BCUT2D eigenvalue weighted by molar-refractivity contribution is 0.102. The number of carbonyl (C=O) groups is 1. The molecule has 3 rings (SSSR count). The summed E-state index contributed by atoms with van der Waals surface area (Å²) in [5.74, 6) is -0.108. The number of amides is 1. The fraction of sp³-hybridized carbons (Fsp3) is 0.125. The number of para-hydroxylation sites is 1. The Bertz CT molecular complexity index is 1020. The lowest BCUT2D eigenvalue weighted by Gasteiger charge is -2.08. The summed E-state index contributed by atoms with van der Waals surface area (Å²) in [5.41, 5.74) is 5.81. The predicted octanol–water partition coefficient (Wildman–Crippen LogP) is 7.20. The molecule has 0 saturated carbocycles. The molecule has 3 aromatic carbocycles. The Morgan fingerprint density at radius 1 is 0.929 bits per heavy atom. The van der Waals surface area contributed by atoms with Crippen molar-refractivity contribution in [2.75, 3.05) is 5.32 Å². The molecular weight excluding hydrogens is 389 g/mol. The van der Waals surface area contributed by atoms with E-state index < -0.39 is 0 Å². The quantitative estimate of drug-likeness (QED) is 0.473. The molecule has 0 radical (unpaired) electrons. The first-order chi connectivity index (χ1) is 13.4. The Hall–Kier alpha value is -2.55. The first-order valence-corrected chi connectivity index (χ1v) is 9.78. The zero-order chi connectivity index (χ0) is 20.1. The highest BCUT2D eigenvalue weighted by Crippen LogP contribution is 2.26. The van der Waals surface area contributed by atoms with Gasteiger partial charge >= 0.3 is 0 Å². The Labute approximate surface area is 175 Å². The summed E-state index contributed by atoms with van der Waals surface area (Å²) < 4.78 is 0. The van der Waals surface area contributed by atoms with Gasteiger partial charge in [-0.1, -0.05) is 65.7 Å². The summed E-state index contributed by atoms with van der Waals surface area (Å²) in [5, 5.41) is 4.06. The topological polar surface area (TPSA) is 29.1 Å². The number of carbonyl (C=O) groups excluding carboxylic acids is 1. The highest BCUT2D eigenvalue weighted by Gasteiger charge is 2.07. The molecule has 0 spiro atoms. The van der Waals surface area contributed by atoms with Crippen LogP contribution in [-0.4, -0.2) is 5.91 Å². The maximum absolute atomic E-state index is 12.4. The normalized spacial score (nSPS) is 11.4. The Kier molecular flexibility index (Phi) is 6.56. The summed E-state index contributed by atoms with van der Waals surface area (Å²) in [7, 11) is 0. The van der Waals surface area contributed by atoms with E-state index in [9.17, 15) is 4.79 Å². The lowest BCUT2D eigenvalue weighted by Crippen LogP contribution is -2.12. The highest BCUT2D eigenvalue weighted by molar-refractivity contribution is 6.42. The molecule has 1 N–H and O–H groups in total. The van der Waals surface area contributed by atoms with Gasteiger partial charge in [0.15, 0.2) is 0 Å². The molecule has 4 heteroatoms. The zero-order valence-electron chi connectivity index (χ0n) is 15.8. The Balaban J connectivity index is 1.66. The van der Waals surface area contributed by atoms with Crippen LogP contribution in [0.4, 0.5) is 5.69 Å². The Morgan fingerprint density at radius 3 is 2.29 bits per heavy atom. The number of benzene rings is 3. The fourth-order valence-electron chi connectivity index (χ4n) is 2.83. The summed E-state index contributed by atoms with van der Waals surface area (Å²) in [4.78, 5) is 12.4. The minimum atomic E-state index is -0.108. The molecule has 0 bridgehead atoms. The second-order valence-electron chi connectivity index (χ2n) is 6.69. The van der Waals surface area contributed by atoms with Gasteiger partial charge in [0.25, 0.3) is 5.91 Å². The van der Waals surface area contributed by atoms with Gasteiger partial charge in [0.1, 0.15) is 0 Å². The minimum absolute atomic E-state index is 0.108. The van der Waals surface area contributed by atoms with Crippen molar-refractivity contribution >= 4 is 40.4 Å². The van der Waals surface area contributed by atoms with Gasteiger partial charge in [-0.05, 0) is 72.9 Å². The molecule has 142 valence electrons. The summed E-state index contributed by atoms with van der Waals surface area (Å²) in [6.45, 7) is 4.02. The van der Waals surface area contributed by atoms with E-state index in [0.717, 1.165) is 34.4 Å². The zero-order valence-corrected chi connectivity index (χ0v) is 17.3. The van der Waals surface area contributed by atoms with Crippen LogP contribution in [-0.2, 0) is 6.42 Å². The summed E-state index contributed by atoms with van der Waals surface area (Å²) in [6.07, 6.45) is 2.91. The van der Waals surface area contributed by atoms with Gasteiger partial charge in [-0.2, -0.15) is 0 Å². The summed E-state index contributed by atoms with van der Waals surface area (Å²) >= 11 is 12.1. The van der Waals surface area contributed by atoms with Crippen LogP contribution in [0.1, 0.15) is 34.0 Å². The first kappa shape index (κ1) is 20.2. The van der Waals surface area contributed by atoms with Crippen LogP contribution >= 0.6 is 23.2 Å². The van der Waals surface area contributed by atoms with E-state index in [1.54, 1.807) is 6.07 Å². The standard InChI is InChI=1S/C24H21Cl2NO/c1-16(20-13-14-21(25)22(26)15-20)7-8-18-9-11-19(12-10-18)24(28)27-23-6-4-3-5-17(23)2/h3-7,9-15H,8H2,1-2H3,(H,27,28)/b16-7-. The van der Waals surface area contributed by atoms with E-state index in [1.165, 1.54) is 0 Å². The van der Waals surface area contributed by atoms with Gasteiger partial charge in [-0.25, -0.2) is 0 Å². The minimum Gasteiger partial charge on any atom is -0.322 e. The van der Waals surface area contributed by atoms with Crippen LogP contribution in [0.5, 0.6) is 0 Å². The smallest absolute Gasteiger partial charge is 0.255 e. The van der Waals surface area contributed by atoms with Crippen molar-refractivity contribution in [2.24, 2.45) is 0 Å². The molecule has 0 saturated heterocycles. The van der Waals surface area contributed by atoms with Gasteiger partial charge < -0.3 is 5.32 Å². The molecular formula is C24H21Cl2NO. The third-order valence-electron chi connectivity index (χ3n) is 4.63. The number of aryl methyl sites for hydroxylation is 1. The van der Waals surface area contributed by atoms with Crippen molar-refractivity contribution in [3.63, 3.8) is 0 Å². The van der Waals surface area contributed by atoms with E-state index in [1.807, 2.05) is 74.5 Å². The lowest BCUT2D eigenvalue weighted by atomic mass is 10.0. The molecule has 1 amide bonds. The average molecular weight is 410 g/mol. The second kappa shape index (κ2) is 9.09. The summed E-state index contributed by atoms with van der Waals surface area (Å²) in [6, 6.07) is 21.0. The van der Waals surface area contributed by atoms with Crippen LogP contribution < -0.4 is 5.32 Å². The van der Waals surface area contributed by atoms with Crippen molar-refractivity contribution in [3.05, 3.63) is 105 Å². The van der Waals surface area contributed by atoms with Crippen molar-refractivity contribution in [2.45, 2.75) is 20.3 Å². The molecule has 0 fully saturated rings. The number of hydrogen-bond acceptors (Lipinski definition) is 1. The van der Waals surface area contributed by atoms with E-state index in [-0.39, 0.29) is 5.91 Å². The number of rotatable bonds is 5. The average Bonchev–Trinajstić information content (AvgIpc) is 2.70. The van der Waals surface area contributed by atoms with Gasteiger partial charge in [0.2, 0.25) is 0 Å². The number of anilines is 1. The van der Waals surface area contributed by atoms with Crippen LogP contribution in [0.25, 0.3) is 5.57 Å². The van der Waals surface area contributed by atoms with E-state index in [4.69, 9.17) is 23.2 Å². The van der Waals surface area contributed by atoms with Crippen LogP contribution in [0.2, 0.25) is 10.0 Å². The third kappa shape index (κ3) is 5.03. The first-order valence-electron chi connectivity index (χ1n) is 9.02. The van der Waals surface area contributed by atoms with Crippen molar-refractivity contribution < 1.29 is 4.79 Å². The van der Waals surface area contributed by atoms with E-state index in [2.05, 4.69) is 11.4 Å². The molecule has 0 heterocycles. The highest BCUT2D eigenvalue weighted by atomic mass is 35.5. The molecule has 2 nitrogen and oxygen atoms in total. The van der Waals surface area contributed by atoms with E-state index >= 15 is 0 Å². The third-order valence-corrected chi connectivity index (χ3v) is 5.37. The van der Waals surface area contributed by atoms with Crippen molar-refractivity contribution in [3.8, 4) is 0 Å². The maximum Gasteiger partial charge on any atom is 0.255 e. The molecule has 0 aromatic heterocycles.